The Kier molecular flexibility index (Phi) is 4.76. The van der Waals surface area contributed by atoms with Crippen LogP contribution in [0.3, 0.4) is 0 Å². The summed E-state index contributed by atoms with van der Waals surface area (Å²) in [6.45, 7) is 1.82. The monoisotopic (exact) mass is 345 g/mol. The fraction of sp³-hybridized carbons (Fsp3) is 0.368. The molecular formula is C19H20ClNO3. The number of methoxy groups -OCH3 is 1. The quantitative estimate of drug-likeness (QED) is 0.615. The number of hydrogen-bond donors (Lipinski definition) is 0. The van der Waals surface area contributed by atoms with Crippen LogP contribution in [0.4, 0.5) is 0 Å². The zero-order valence-electron chi connectivity index (χ0n) is 13.8. The second-order valence-electron chi connectivity index (χ2n) is 6.14. The van der Waals surface area contributed by atoms with Crippen LogP contribution in [0.1, 0.15) is 38.2 Å². The molecule has 1 aliphatic heterocycles. The lowest BCUT2D eigenvalue weighted by molar-refractivity contribution is -0.136. The van der Waals surface area contributed by atoms with Crippen LogP contribution >= 0.6 is 11.6 Å². The van der Waals surface area contributed by atoms with Gasteiger partial charge in [-0.15, -0.1) is 0 Å². The summed E-state index contributed by atoms with van der Waals surface area (Å²) in [5.74, 6) is -0.626. The summed E-state index contributed by atoms with van der Waals surface area (Å²) in [6, 6.07) is 7.42. The number of rotatable bonds is 3. The van der Waals surface area contributed by atoms with E-state index in [0.29, 0.717) is 27.4 Å². The normalized spacial score (nSPS) is 20.4. The van der Waals surface area contributed by atoms with Gasteiger partial charge < -0.3 is 9.64 Å². The summed E-state index contributed by atoms with van der Waals surface area (Å²) < 4.78 is 4.91. The Morgan fingerprint density at radius 1 is 1.29 bits per heavy atom. The summed E-state index contributed by atoms with van der Waals surface area (Å²) in [6.07, 6.45) is 5.85. The van der Waals surface area contributed by atoms with E-state index in [9.17, 15) is 9.59 Å². The second kappa shape index (κ2) is 6.81. The van der Waals surface area contributed by atoms with Crippen molar-refractivity contribution < 1.29 is 14.3 Å². The van der Waals surface area contributed by atoms with Gasteiger partial charge in [0.25, 0.3) is 5.91 Å². The molecule has 0 bridgehead atoms. The molecule has 24 heavy (non-hydrogen) atoms. The molecule has 0 unspecified atom stereocenters. The van der Waals surface area contributed by atoms with Gasteiger partial charge in [0.1, 0.15) is 0 Å². The van der Waals surface area contributed by atoms with Crippen molar-refractivity contribution in [3.05, 3.63) is 51.7 Å². The lowest BCUT2D eigenvalue weighted by atomic mass is 10.0. The zero-order valence-corrected chi connectivity index (χ0v) is 14.6. The van der Waals surface area contributed by atoms with Gasteiger partial charge in [-0.25, -0.2) is 4.79 Å². The molecule has 0 atom stereocenters. The first-order chi connectivity index (χ1) is 11.5. The lowest BCUT2D eigenvalue weighted by Crippen LogP contribution is -2.34. The minimum absolute atomic E-state index is 0.139. The predicted octanol–water partition coefficient (Wildman–Crippen LogP) is 3.96. The highest BCUT2D eigenvalue weighted by atomic mass is 35.5. The molecule has 1 fully saturated rings. The Morgan fingerprint density at radius 3 is 2.58 bits per heavy atom. The molecule has 4 nitrogen and oxygen atoms in total. The van der Waals surface area contributed by atoms with Gasteiger partial charge in [0, 0.05) is 16.8 Å². The van der Waals surface area contributed by atoms with Gasteiger partial charge in [0.2, 0.25) is 0 Å². The van der Waals surface area contributed by atoms with Crippen molar-refractivity contribution in [2.75, 3.05) is 7.11 Å². The standard InChI is InChI=1S/C19H20ClNO3/c1-12-17(19(23)24-2)15(11-13-7-3-6-10-16(13)20)18(22)21(12)14-8-4-5-9-14/h3,6-7,10-11,14H,4-5,8-9H2,1-2H3/b15-11-. The number of benzene rings is 1. The van der Waals surface area contributed by atoms with Crippen molar-refractivity contribution in [2.24, 2.45) is 0 Å². The van der Waals surface area contributed by atoms with Crippen molar-refractivity contribution in [1.29, 1.82) is 0 Å². The molecule has 2 aliphatic rings. The van der Waals surface area contributed by atoms with Crippen LogP contribution < -0.4 is 0 Å². The maximum atomic E-state index is 13.0. The number of ether oxygens (including phenoxy) is 1. The highest BCUT2D eigenvalue weighted by molar-refractivity contribution is 6.32. The Balaban J connectivity index is 2.08. The van der Waals surface area contributed by atoms with Crippen LogP contribution in [0.15, 0.2) is 41.1 Å². The smallest absolute Gasteiger partial charge is 0.340 e. The van der Waals surface area contributed by atoms with Crippen LogP contribution in [0.25, 0.3) is 6.08 Å². The van der Waals surface area contributed by atoms with Crippen LogP contribution in [-0.4, -0.2) is 29.9 Å². The van der Waals surface area contributed by atoms with E-state index in [1.165, 1.54) is 7.11 Å². The van der Waals surface area contributed by atoms with Crippen molar-refractivity contribution >= 4 is 29.6 Å². The van der Waals surface area contributed by atoms with E-state index in [4.69, 9.17) is 16.3 Å². The molecule has 0 aromatic heterocycles. The van der Waals surface area contributed by atoms with Gasteiger partial charge in [0.05, 0.1) is 18.3 Å². The van der Waals surface area contributed by atoms with Crippen LogP contribution in [0.2, 0.25) is 5.02 Å². The van der Waals surface area contributed by atoms with Gasteiger partial charge >= 0.3 is 5.97 Å². The maximum absolute atomic E-state index is 13.0. The molecule has 1 amide bonds. The largest absolute Gasteiger partial charge is 0.465 e. The molecule has 1 aromatic carbocycles. The number of hydrogen-bond acceptors (Lipinski definition) is 3. The van der Waals surface area contributed by atoms with Crippen molar-refractivity contribution in [1.82, 2.24) is 4.90 Å². The van der Waals surface area contributed by atoms with E-state index in [-0.39, 0.29) is 11.9 Å². The third-order valence-corrected chi connectivity index (χ3v) is 5.07. The molecule has 5 heteroatoms. The van der Waals surface area contributed by atoms with E-state index < -0.39 is 5.97 Å². The van der Waals surface area contributed by atoms with Gasteiger partial charge in [0.15, 0.2) is 0 Å². The number of amides is 1. The average Bonchev–Trinajstić information content (AvgIpc) is 3.16. The molecule has 0 radical (unpaired) electrons. The summed E-state index contributed by atoms with van der Waals surface area (Å²) in [5, 5.41) is 0.541. The number of esters is 1. The lowest BCUT2D eigenvalue weighted by Gasteiger charge is -2.25. The number of halogens is 1. The molecule has 0 spiro atoms. The first-order valence-corrected chi connectivity index (χ1v) is 8.51. The third-order valence-electron chi connectivity index (χ3n) is 4.73. The van der Waals surface area contributed by atoms with Crippen LogP contribution in [0, 0.1) is 0 Å². The van der Waals surface area contributed by atoms with E-state index in [1.54, 1.807) is 17.0 Å². The summed E-state index contributed by atoms with van der Waals surface area (Å²) in [4.78, 5) is 27.1. The maximum Gasteiger partial charge on any atom is 0.340 e. The molecule has 1 heterocycles. The minimum Gasteiger partial charge on any atom is -0.465 e. The summed E-state index contributed by atoms with van der Waals surface area (Å²) >= 11 is 6.21. The Hall–Kier alpha value is -2.07. The van der Waals surface area contributed by atoms with Crippen LogP contribution in [-0.2, 0) is 14.3 Å². The van der Waals surface area contributed by atoms with E-state index in [0.717, 1.165) is 25.7 Å². The number of carbonyl (C=O) groups is 2. The highest BCUT2D eigenvalue weighted by Crippen LogP contribution is 2.37. The highest BCUT2D eigenvalue weighted by Gasteiger charge is 2.41. The summed E-state index contributed by atoms with van der Waals surface area (Å²) in [7, 11) is 1.33. The van der Waals surface area contributed by atoms with Gasteiger partial charge in [-0.1, -0.05) is 42.6 Å². The van der Waals surface area contributed by atoms with E-state index in [2.05, 4.69) is 0 Å². The number of carbonyl (C=O) groups excluding carboxylic acids is 2. The predicted molar refractivity (Wildman–Crippen MR) is 93.2 cm³/mol. The fourth-order valence-electron chi connectivity index (χ4n) is 3.55. The first kappa shape index (κ1) is 16.8. The Bertz CT molecular complexity index is 745. The summed E-state index contributed by atoms with van der Waals surface area (Å²) in [5.41, 5.74) is 2.09. The molecule has 1 aliphatic carbocycles. The fourth-order valence-corrected chi connectivity index (χ4v) is 3.74. The van der Waals surface area contributed by atoms with Gasteiger partial charge in [-0.05, 0) is 37.5 Å². The molecular weight excluding hydrogens is 326 g/mol. The van der Waals surface area contributed by atoms with Crippen molar-refractivity contribution in [2.45, 2.75) is 38.6 Å². The topological polar surface area (TPSA) is 46.6 Å². The van der Waals surface area contributed by atoms with E-state index >= 15 is 0 Å². The Morgan fingerprint density at radius 2 is 1.96 bits per heavy atom. The van der Waals surface area contributed by atoms with Gasteiger partial charge in [-0.3, -0.25) is 4.79 Å². The van der Waals surface area contributed by atoms with Crippen LogP contribution in [0.5, 0.6) is 0 Å². The Labute approximate surface area is 146 Å². The second-order valence-corrected chi connectivity index (χ2v) is 6.55. The van der Waals surface area contributed by atoms with E-state index in [1.807, 2.05) is 25.1 Å². The molecule has 126 valence electrons. The number of allylic oxidation sites excluding steroid dienone is 1. The third kappa shape index (κ3) is 2.86. The zero-order chi connectivity index (χ0) is 17.3. The molecule has 0 N–H and O–H groups in total. The van der Waals surface area contributed by atoms with Crippen molar-refractivity contribution in [3.63, 3.8) is 0 Å². The molecule has 0 saturated heterocycles. The van der Waals surface area contributed by atoms with Crippen molar-refractivity contribution in [3.8, 4) is 0 Å². The molecule has 1 saturated carbocycles. The SMILES string of the molecule is COC(=O)C1=C(C)N(C2CCCC2)C(=O)/C1=C\c1ccccc1Cl. The molecule has 3 rings (SSSR count). The minimum atomic E-state index is -0.486. The number of nitrogens with zero attached hydrogens (tertiary/aromatic N) is 1. The first-order valence-electron chi connectivity index (χ1n) is 8.14. The van der Waals surface area contributed by atoms with Gasteiger partial charge in [-0.2, -0.15) is 0 Å². The molecule has 1 aromatic rings. The average molecular weight is 346 g/mol.